The number of aliphatic carboxylic acids is 1. The zero-order chi connectivity index (χ0) is 16.7. The van der Waals surface area contributed by atoms with E-state index in [-0.39, 0.29) is 24.1 Å². The van der Waals surface area contributed by atoms with Gasteiger partial charge in [-0.1, -0.05) is 11.6 Å². The number of aromatic nitrogens is 2. The molecule has 0 spiro atoms. The maximum atomic E-state index is 12.7. The molecule has 2 aromatic heterocycles. The molecule has 0 radical (unpaired) electrons. The van der Waals surface area contributed by atoms with E-state index in [1.165, 1.54) is 0 Å². The summed E-state index contributed by atoms with van der Waals surface area (Å²) in [7, 11) is 0. The number of likely N-dealkylation sites (tertiary alicyclic amines) is 1. The summed E-state index contributed by atoms with van der Waals surface area (Å²) in [6.45, 7) is 0.728. The lowest BCUT2D eigenvalue weighted by Crippen LogP contribution is -2.37. The number of hydrogen-bond donors (Lipinski definition) is 1. The van der Waals surface area contributed by atoms with Crippen LogP contribution in [0.2, 0.25) is 0 Å². The standard InChI is InChI=1S/C17H17N3O4/c21-15(13-8-14(24-19-13)11-3-6-18-7-4-11)20-9-12-2-1-5-17(12,10-20)16(22)23/h3-4,6-8,12H,1-2,5,9-10H2,(H,22,23)/t12-,17+/m0/s1. The number of carboxylic acid groups (broad SMARTS) is 1. The van der Waals surface area contributed by atoms with E-state index < -0.39 is 11.4 Å². The Balaban J connectivity index is 1.55. The van der Waals surface area contributed by atoms with Crippen LogP contribution in [0.4, 0.5) is 0 Å². The first kappa shape index (κ1) is 14.9. The van der Waals surface area contributed by atoms with Crippen LogP contribution in [0.3, 0.4) is 0 Å². The quantitative estimate of drug-likeness (QED) is 0.927. The first-order valence-corrected chi connectivity index (χ1v) is 8.00. The molecule has 2 aliphatic rings. The molecular weight excluding hydrogens is 310 g/mol. The molecule has 0 unspecified atom stereocenters. The van der Waals surface area contributed by atoms with E-state index in [0.717, 1.165) is 18.4 Å². The number of pyridine rings is 1. The average Bonchev–Trinajstić information content (AvgIpc) is 3.29. The van der Waals surface area contributed by atoms with Crippen LogP contribution >= 0.6 is 0 Å². The lowest BCUT2D eigenvalue weighted by Gasteiger charge is -2.22. The van der Waals surface area contributed by atoms with Gasteiger partial charge in [0.1, 0.15) is 0 Å². The molecule has 1 aliphatic carbocycles. The number of fused-ring (bicyclic) bond motifs is 1. The highest BCUT2D eigenvalue weighted by atomic mass is 16.5. The van der Waals surface area contributed by atoms with Gasteiger partial charge < -0.3 is 14.5 Å². The van der Waals surface area contributed by atoms with Gasteiger partial charge in [-0.25, -0.2) is 0 Å². The largest absolute Gasteiger partial charge is 0.481 e. The van der Waals surface area contributed by atoms with Crippen LogP contribution in [0.1, 0.15) is 29.8 Å². The third kappa shape index (κ3) is 2.19. The highest BCUT2D eigenvalue weighted by Gasteiger charge is 2.56. The van der Waals surface area contributed by atoms with Crippen LogP contribution in [-0.4, -0.2) is 45.1 Å². The summed E-state index contributed by atoms with van der Waals surface area (Å²) >= 11 is 0. The molecule has 2 aromatic rings. The summed E-state index contributed by atoms with van der Waals surface area (Å²) in [6, 6.07) is 5.14. The van der Waals surface area contributed by atoms with Crippen molar-refractivity contribution in [1.29, 1.82) is 0 Å². The molecule has 1 saturated heterocycles. The molecule has 7 nitrogen and oxygen atoms in total. The smallest absolute Gasteiger partial charge is 0.311 e. The first-order valence-electron chi connectivity index (χ1n) is 8.00. The van der Waals surface area contributed by atoms with Gasteiger partial charge in [-0.3, -0.25) is 14.6 Å². The number of amides is 1. The van der Waals surface area contributed by atoms with Gasteiger partial charge in [0.05, 0.1) is 5.41 Å². The predicted molar refractivity (Wildman–Crippen MR) is 83.0 cm³/mol. The first-order chi connectivity index (χ1) is 11.6. The minimum atomic E-state index is -0.794. The Morgan fingerprint density at radius 1 is 1.33 bits per heavy atom. The summed E-state index contributed by atoms with van der Waals surface area (Å²) in [5.74, 6) is -0.536. The predicted octanol–water partition coefficient (Wildman–Crippen LogP) is 2.06. The molecule has 4 rings (SSSR count). The third-order valence-electron chi connectivity index (χ3n) is 5.28. The van der Waals surface area contributed by atoms with E-state index in [1.54, 1.807) is 35.5 Å². The Bertz CT molecular complexity index is 788. The van der Waals surface area contributed by atoms with Gasteiger partial charge in [0.15, 0.2) is 11.5 Å². The van der Waals surface area contributed by atoms with Crippen molar-refractivity contribution in [2.75, 3.05) is 13.1 Å². The van der Waals surface area contributed by atoms with Crippen molar-refractivity contribution < 1.29 is 19.2 Å². The third-order valence-corrected chi connectivity index (χ3v) is 5.28. The molecule has 1 amide bonds. The second-order valence-corrected chi connectivity index (χ2v) is 6.55. The monoisotopic (exact) mass is 327 g/mol. The van der Waals surface area contributed by atoms with Crippen molar-refractivity contribution in [3.63, 3.8) is 0 Å². The summed E-state index contributed by atoms with van der Waals surface area (Å²) in [5.41, 5.74) is 0.215. The molecule has 2 atom stereocenters. The SMILES string of the molecule is O=C(c1cc(-c2ccncc2)on1)N1C[C@@H]2CCC[C@@]2(C(=O)O)C1. The van der Waals surface area contributed by atoms with Crippen LogP contribution in [0.25, 0.3) is 11.3 Å². The molecule has 124 valence electrons. The number of carboxylic acids is 1. The molecule has 1 aliphatic heterocycles. The van der Waals surface area contributed by atoms with Gasteiger partial charge in [-0.05, 0) is 30.9 Å². The minimum absolute atomic E-state index is 0.0329. The summed E-state index contributed by atoms with van der Waals surface area (Å²) < 4.78 is 5.26. The Morgan fingerprint density at radius 2 is 2.12 bits per heavy atom. The molecule has 3 heterocycles. The van der Waals surface area contributed by atoms with Gasteiger partial charge in [0.25, 0.3) is 5.91 Å². The van der Waals surface area contributed by atoms with Crippen LogP contribution in [0, 0.1) is 11.3 Å². The highest BCUT2D eigenvalue weighted by Crippen LogP contribution is 2.49. The molecular formula is C17H17N3O4. The van der Waals surface area contributed by atoms with Crippen molar-refractivity contribution in [3.8, 4) is 11.3 Å². The minimum Gasteiger partial charge on any atom is -0.481 e. The van der Waals surface area contributed by atoms with Gasteiger partial charge >= 0.3 is 5.97 Å². The Kier molecular flexibility index (Phi) is 3.37. The maximum Gasteiger partial charge on any atom is 0.311 e. The lowest BCUT2D eigenvalue weighted by molar-refractivity contribution is -0.149. The zero-order valence-electron chi connectivity index (χ0n) is 13.0. The van der Waals surface area contributed by atoms with E-state index in [4.69, 9.17) is 4.52 Å². The topological polar surface area (TPSA) is 96.5 Å². The van der Waals surface area contributed by atoms with E-state index in [2.05, 4.69) is 10.1 Å². The summed E-state index contributed by atoms with van der Waals surface area (Å²) in [4.78, 5) is 29.9. The Morgan fingerprint density at radius 3 is 2.83 bits per heavy atom. The number of carbonyl (C=O) groups is 2. The summed E-state index contributed by atoms with van der Waals surface area (Å²) in [6.07, 6.45) is 5.68. The van der Waals surface area contributed by atoms with E-state index in [1.807, 2.05) is 0 Å². The maximum absolute atomic E-state index is 12.7. The van der Waals surface area contributed by atoms with Crippen molar-refractivity contribution in [2.24, 2.45) is 11.3 Å². The summed E-state index contributed by atoms with van der Waals surface area (Å²) in [5, 5.41) is 13.5. The average molecular weight is 327 g/mol. The number of hydrogen-bond acceptors (Lipinski definition) is 5. The molecule has 7 heteroatoms. The normalized spacial score (nSPS) is 25.7. The lowest BCUT2D eigenvalue weighted by atomic mass is 9.81. The van der Waals surface area contributed by atoms with Gasteiger partial charge in [0, 0.05) is 37.1 Å². The van der Waals surface area contributed by atoms with Crippen molar-refractivity contribution in [2.45, 2.75) is 19.3 Å². The van der Waals surface area contributed by atoms with Crippen LogP contribution in [0.5, 0.6) is 0 Å². The fraction of sp³-hybridized carbons (Fsp3) is 0.412. The van der Waals surface area contributed by atoms with Crippen molar-refractivity contribution in [3.05, 3.63) is 36.3 Å². The second kappa shape index (κ2) is 5.43. The Labute approximate surface area is 138 Å². The number of nitrogens with zero attached hydrogens (tertiary/aromatic N) is 3. The molecule has 0 aromatic carbocycles. The Hall–Kier alpha value is -2.70. The van der Waals surface area contributed by atoms with Crippen molar-refractivity contribution >= 4 is 11.9 Å². The van der Waals surface area contributed by atoms with E-state index >= 15 is 0 Å². The van der Waals surface area contributed by atoms with E-state index in [0.29, 0.717) is 18.7 Å². The number of rotatable bonds is 3. The molecule has 1 saturated carbocycles. The fourth-order valence-corrected chi connectivity index (χ4v) is 3.98. The number of carbonyl (C=O) groups excluding carboxylic acids is 1. The van der Waals surface area contributed by atoms with Gasteiger partial charge in [-0.15, -0.1) is 0 Å². The molecule has 1 N–H and O–H groups in total. The van der Waals surface area contributed by atoms with Gasteiger partial charge in [-0.2, -0.15) is 0 Å². The van der Waals surface area contributed by atoms with Crippen LogP contribution in [-0.2, 0) is 4.79 Å². The zero-order valence-corrected chi connectivity index (χ0v) is 13.0. The molecule has 2 fully saturated rings. The second-order valence-electron chi connectivity index (χ2n) is 6.55. The van der Waals surface area contributed by atoms with Crippen LogP contribution in [0.15, 0.2) is 35.1 Å². The van der Waals surface area contributed by atoms with Crippen LogP contribution < -0.4 is 0 Å². The van der Waals surface area contributed by atoms with Crippen molar-refractivity contribution in [1.82, 2.24) is 15.0 Å². The fourth-order valence-electron chi connectivity index (χ4n) is 3.98. The molecule has 24 heavy (non-hydrogen) atoms. The van der Waals surface area contributed by atoms with E-state index in [9.17, 15) is 14.7 Å². The van der Waals surface area contributed by atoms with Gasteiger partial charge in [0.2, 0.25) is 0 Å². The highest BCUT2D eigenvalue weighted by molar-refractivity contribution is 5.94. The molecule has 0 bridgehead atoms.